The molecule has 1 aliphatic heterocycles. The van der Waals surface area contributed by atoms with Gasteiger partial charge in [0.15, 0.2) is 5.82 Å². The number of furan rings is 1. The molecule has 4 heteroatoms. The molecule has 0 spiro atoms. The number of nitrogens with zero attached hydrogens (tertiary/aromatic N) is 2. The molecule has 1 unspecified atom stereocenters. The zero-order valence-electron chi connectivity index (χ0n) is 15.9. The van der Waals surface area contributed by atoms with Crippen LogP contribution in [0.1, 0.15) is 0 Å². The highest BCUT2D eigenvalue weighted by atomic mass is 16.3. The molecule has 0 radical (unpaired) electrons. The average molecular weight is 385 g/mol. The van der Waals surface area contributed by atoms with E-state index < -0.39 is 0 Å². The van der Waals surface area contributed by atoms with Crippen LogP contribution in [0.4, 0.5) is 11.5 Å². The normalized spacial score (nSPS) is 17.9. The van der Waals surface area contributed by atoms with Crippen LogP contribution in [0.3, 0.4) is 0 Å². The zero-order chi connectivity index (χ0) is 19.4. The van der Waals surface area contributed by atoms with E-state index in [2.05, 4.69) is 70.4 Å². The van der Waals surface area contributed by atoms with Crippen molar-refractivity contribution >= 4 is 66.3 Å². The minimum atomic E-state index is 0.127. The molecule has 2 aliphatic rings. The number of fused-ring (bicyclic) bond motifs is 11. The van der Waals surface area contributed by atoms with E-state index in [0.29, 0.717) is 0 Å². The Balaban J connectivity index is 1.60. The Morgan fingerprint density at radius 3 is 2.77 bits per heavy atom. The van der Waals surface area contributed by atoms with Crippen LogP contribution in [0, 0.1) is 0 Å². The first-order chi connectivity index (χ1) is 14.9. The lowest BCUT2D eigenvalue weighted by Gasteiger charge is -2.23. The molecular weight excluding hydrogens is 370 g/mol. The third kappa shape index (κ3) is 1.59. The highest BCUT2D eigenvalue weighted by Gasteiger charge is 2.29. The largest absolute Gasteiger partial charge is 0.455 e. The number of allylic oxidation sites excluding steroid dienone is 2. The number of hydrogen-bond acceptors (Lipinski definition) is 3. The molecule has 4 heterocycles. The summed E-state index contributed by atoms with van der Waals surface area (Å²) in [7, 11) is 0. The van der Waals surface area contributed by atoms with Gasteiger partial charge in [-0.05, 0) is 24.3 Å². The fraction of sp³-hybridized carbons (Fsp3) is 0.0385. The van der Waals surface area contributed by atoms with Crippen molar-refractivity contribution < 1.29 is 4.42 Å². The molecule has 140 valence electrons. The van der Waals surface area contributed by atoms with Crippen molar-refractivity contribution in [1.82, 2.24) is 4.40 Å². The Bertz CT molecular complexity index is 1780. The fourth-order valence-corrected chi connectivity index (χ4v) is 5.27. The minimum absolute atomic E-state index is 0.127. The number of anilines is 1. The van der Waals surface area contributed by atoms with Gasteiger partial charge in [0.05, 0.1) is 33.9 Å². The number of benzene rings is 3. The molecule has 0 amide bonds. The second-order valence-corrected chi connectivity index (χ2v) is 8.07. The summed E-state index contributed by atoms with van der Waals surface area (Å²) < 4.78 is 8.67. The second kappa shape index (κ2) is 4.92. The maximum Gasteiger partial charge on any atom is 0.162 e. The summed E-state index contributed by atoms with van der Waals surface area (Å²) in [6.45, 7) is 0. The summed E-state index contributed by atoms with van der Waals surface area (Å²) in [6.07, 6.45) is 8.37. The predicted molar refractivity (Wildman–Crippen MR) is 124 cm³/mol. The minimum Gasteiger partial charge on any atom is -0.455 e. The highest BCUT2D eigenvalue weighted by Crippen LogP contribution is 2.48. The zero-order valence-corrected chi connectivity index (χ0v) is 15.9. The van der Waals surface area contributed by atoms with E-state index in [1.165, 1.54) is 16.3 Å². The summed E-state index contributed by atoms with van der Waals surface area (Å²) in [5, 5.41) is 9.59. The van der Waals surface area contributed by atoms with Gasteiger partial charge in [0.1, 0.15) is 11.2 Å². The van der Waals surface area contributed by atoms with E-state index in [1.807, 2.05) is 18.2 Å². The first-order valence-electron chi connectivity index (χ1n) is 10.2. The van der Waals surface area contributed by atoms with Crippen molar-refractivity contribution in [1.29, 1.82) is 0 Å². The summed E-state index contributed by atoms with van der Waals surface area (Å²) >= 11 is 0. The van der Waals surface area contributed by atoms with E-state index in [-0.39, 0.29) is 6.04 Å². The van der Waals surface area contributed by atoms with E-state index >= 15 is 0 Å². The molecule has 6 aromatic rings. The van der Waals surface area contributed by atoms with Gasteiger partial charge in [-0.1, -0.05) is 54.6 Å². The second-order valence-electron chi connectivity index (χ2n) is 8.07. The van der Waals surface area contributed by atoms with Crippen molar-refractivity contribution in [3.8, 4) is 0 Å². The third-order valence-electron chi connectivity index (χ3n) is 6.53. The van der Waals surface area contributed by atoms with Gasteiger partial charge in [-0.3, -0.25) is 4.40 Å². The topological polar surface area (TPSA) is 41.9 Å². The molecule has 0 saturated carbocycles. The van der Waals surface area contributed by atoms with Crippen LogP contribution in [0.2, 0.25) is 0 Å². The van der Waals surface area contributed by atoms with E-state index in [9.17, 15) is 0 Å². The van der Waals surface area contributed by atoms with Crippen LogP contribution in [-0.4, -0.2) is 16.2 Å². The van der Waals surface area contributed by atoms with Crippen LogP contribution < -0.4 is 5.32 Å². The Labute approximate surface area is 170 Å². The van der Waals surface area contributed by atoms with Gasteiger partial charge in [0.2, 0.25) is 0 Å². The molecule has 8 rings (SSSR count). The first-order valence-corrected chi connectivity index (χ1v) is 10.2. The number of rotatable bonds is 0. The molecule has 3 aromatic heterocycles. The Hall–Kier alpha value is -4.05. The van der Waals surface area contributed by atoms with Crippen LogP contribution >= 0.6 is 0 Å². The summed E-state index contributed by atoms with van der Waals surface area (Å²) in [5.41, 5.74) is 6.37. The maximum atomic E-state index is 6.37. The first kappa shape index (κ1) is 14.9. The molecule has 4 nitrogen and oxygen atoms in total. The van der Waals surface area contributed by atoms with Crippen LogP contribution in [0.15, 0.2) is 88.3 Å². The van der Waals surface area contributed by atoms with Gasteiger partial charge in [0.25, 0.3) is 0 Å². The van der Waals surface area contributed by atoms with E-state index in [4.69, 9.17) is 9.41 Å². The number of nitrogens with one attached hydrogen (secondary N) is 1. The van der Waals surface area contributed by atoms with Crippen LogP contribution in [-0.2, 0) is 0 Å². The van der Waals surface area contributed by atoms with Gasteiger partial charge in [-0.25, -0.2) is 4.99 Å². The Morgan fingerprint density at radius 1 is 0.867 bits per heavy atom. The molecule has 30 heavy (non-hydrogen) atoms. The van der Waals surface area contributed by atoms with Gasteiger partial charge in [-0.2, -0.15) is 0 Å². The number of hydrogen-bond donors (Lipinski definition) is 1. The van der Waals surface area contributed by atoms with Gasteiger partial charge >= 0.3 is 0 Å². The number of para-hydroxylation sites is 2. The van der Waals surface area contributed by atoms with E-state index in [0.717, 1.165) is 50.1 Å². The quantitative estimate of drug-likeness (QED) is 0.321. The van der Waals surface area contributed by atoms with Gasteiger partial charge < -0.3 is 9.73 Å². The standard InChI is InChI=1S/C26H15N3O/c1-4-11-21-14(6-1)15-12-13-20-22(25(15)30-21)16-7-5-8-17-23-26(29(20)24(16)17)28-19-10-3-2-9-18(19)27-23/h1-13,18,27H. The molecule has 1 aliphatic carbocycles. The molecule has 1 atom stereocenters. The number of aliphatic imine (C=N–C) groups is 1. The molecule has 0 saturated heterocycles. The van der Waals surface area contributed by atoms with Crippen LogP contribution in [0.25, 0.3) is 49.1 Å². The smallest absolute Gasteiger partial charge is 0.162 e. The summed E-state index contributed by atoms with van der Waals surface area (Å²) in [4.78, 5) is 5.08. The molecule has 3 aromatic carbocycles. The van der Waals surface area contributed by atoms with Crippen molar-refractivity contribution in [2.45, 2.75) is 6.04 Å². The molecule has 0 bridgehead atoms. The van der Waals surface area contributed by atoms with Crippen LogP contribution in [0.5, 0.6) is 0 Å². The lowest BCUT2D eigenvalue weighted by atomic mass is 10.0. The maximum absolute atomic E-state index is 6.37. The fourth-order valence-electron chi connectivity index (χ4n) is 5.27. The lowest BCUT2D eigenvalue weighted by molar-refractivity contribution is 0.673. The Kier molecular flexibility index (Phi) is 2.44. The predicted octanol–water partition coefficient (Wildman–Crippen LogP) is 6.58. The number of aromatic nitrogens is 1. The summed E-state index contributed by atoms with van der Waals surface area (Å²) in [5.74, 6) is 0.970. The van der Waals surface area contributed by atoms with Gasteiger partial charge in [-0.15, -0.1) is 0 Å². The average Bonchev–Trinajstić information content (AvgIpc) is 3.43. The molecule has 0 fully saturated rings. The lowest BCUT2D eigenvalue weighted by Crippen LogP contribution is -2.29. The van der Waals surface area contributed by atoms with Crippen molar-refractivity contribution in [3.05, 3.63) is 78.9 Å². The van der Waals surface area contributed by atoms with Crippen molar-refractivity contribution in [2.24, 2.45) is 4.99 Å². The van der Waals surface area contributed by atoms with Crippen molar-refractivity contribution in [3.63, 3.8) is 0 Å². The van der Waals surface area contributed by atoms with E-state index in [1.54, 1.807) is 0 Å². The Morgan fingerprint density at radius 2 is 1.77 bits per heavy atom. The third-order valence-corrected chi connectivity index (χ3v) is 6.53. The SMILES string of the molecule is C1=CC2=Nc3c(c4cccc5c6c7oc8ccccc8c7ccc6n3c45)NC2C=C1. The monoisotopic (exact) mass is 385 g/mol. The molecule has 1 N–H and O–H groups in total. The highest BCUT2D eigenvalue weighted by molar-refractivity contribution is 6.28. The molecular formula is C26H15N3O. The van der Waals surface area contributed by atoms with Gasteiger partial charge in [0, 0.05) is 21.5 Å². The van der Waals surface area contributed by atoms with Crippen molar-refractivity contribution in [2.75, 3.05) is 5.32 Å². The summed E-state index contributed by atoms with van der Waals surface area (Å²) in [6, 6.07) is 19.3.